The van der Waals surface area contributed by atoms with Gasteiger partial charge >= 0.3 is 0 Å². The minimum atomic E-state index is -0.602. The molecule has 0 radical (unpaired) electrons. The van der Waals surface area contributed by atoms with Crippen LogP contribution < -0.4 is 5.32 Å². The van der Waals surface area contributed by atoms with Crippen molar-refractivity contribution in [2.24, 2.45) is 0 Å². The summed E-state index contributed by atoms with van der Waals surface area (Å²) in [5.41, 5.74) is 0.369. The largest absolute Gasteiger partial charge is 0.324 e. The fraction of sp³-hybridized carbons (Fsp3) is 0.462. The maximum absolute atomic E-state index is 13.8. The molecule has 0 bridgehead atoms. The Hall–Kier alpha value is -1.14. The van der Waals surface area contributed by atoms with E-state index in [4.69, 9.17) is 0 Å². The van der Waals surface area contributed by atoms with Gasteiger partial charge < -0.3 is 10.2 Å². The van der Waals surface area contributed by atoms with Crippen LogP contribution in [-0.4, -0.2) is 36.2 Å². The lowest BCUT2D eigenvalue weighted by atomic mass is 10.2. The molecule has 1 aromatic carbocycles. The first-order valence-corrected chi connectivity index (χ1v) is 7.25. The van der Waals surface area contributed by atoms with Crippen LogP contribution in [0.5, 0.6) is 0 Å². The molecule has 19 heavy (non-hydrogen) atoms. The smallest absolute Gasteiger partial charge is 0.233 e. The molecule has 1 unspecified atom stereocenters. The van der Waals surface area contributed by atoms with Crippen LogP contribution in [0, 0.1) is 11.6 Å². The molecule has 1 N–H and O–H groups in total. The second-order valence-electron chi connectivity index (χ2n) is 4.27. The van der Waals surface area contributed by atoms with Gasteiger partial charge in [-0.3, -0.25) is 4.79 Å². The van der Waals surface area contributed by atoms with E-state index >= 15 is 0 Å². The van der Waals surface area contributed by atoms with Crippen LogP contribution in [0.3, 0.4) is 0 Å². The van der Waals surface area contributed by atoms with Crippen LogP contribution in [0.15, 0.2) is 18.2 Å². The molecule has 1 aromatic rings. The second-order valence-corrected chi connectivity index (χ2v) is 5.34. The van der Waals surface area contributed by atoms with Gasteiger partial charge in [-0.05, 0) is 12.6 Å². The molecule has 1 heterocycles. The number of rotatable bonds is 5. The Balaban J connectivity index is 2.15. The molecule has 104 valence electrons. The van der Waals surface area contributed by atoms with Crippen molar-refractivity contribution in [3.63, 3.8) is 0 Å². The van der Waals surface area contributed by atoms with Crippen molar-refractivity contribution in [2.75, 3.05) is 25.4 Å². The van der Waals surface area contributed by atoms with Gasteiger partial charge in [-0.1, -0.05) is 13.0 Å². The van der Waals surface area contributed by atoms with E-state index in [1.165, 1.54) is 23.9 Å². The number of carbonyl (C=O) groups is 1. The monoisotopic (exact) mass is 286 g/mol. The predicted molar refractivity (Wildman–Crippen MR) is 71.8 cm³/mol. The Bertz CT molecular complexity index is 470. The Morgan fingerprint density at radius 3 is 2.95 bits per heavy atom. The zero-order chi connectivity index (χ0) is 13.8. The quantitative estimate of drug-likeness (QED) is 0.842. The lowest BCUT2D eigenvalue weighted by Crippen LogP contribution is -2.35. The predicted octanol–water partition coefficient (Wildman–Crippen LogP) is 2.15. The first-order chi connectivity index (χ1) is 9.13. The lowest BCUT2D eigenvalue weighted by molar-refractivity contribution is -0.128. The molecule has 1 aliphatic heterocycles. The van der Waals surface area contributed by atoms with Crippen LogP contribution in [0.1, 0.15) is 17.9 Å². The molecule has 3 nitrogen and oxygen atoms in total. The molecule has 0 aromatic heterocycles. The number of likely N-dealkylation sites (N-methyl/N-ethyl adjacent to an activating group) is 1. The minimum absolute atomic E-state index is 0.00312. The zero-order valence-corrected chi connectivity index (χ0v) is 11.5. The number of thioether (sulfide) groups is 1. The van der Waals surface area contributed by atoms with Crippen LogP contribution >= 0.6 is 11.8 Å². The van der Waals surface area contributed by atoms with E-state index in [0.29, 0.717) is 24.4 Å². The highest BCUT2D eigenvalue weighted by Gasteiger charge is 2.33. The standard InChI is InChI=1S/C13H16F2N2OS/c1-2-16-5-6-17-12(18)8-19-13(17)10-4-3-9(14)7-11(10)15/h3-4,7,13,16H,2,5-6,8H2,1H3. The summed E-state index contributed by atoms with van der Waals surface area (Å²) < 4.78 is 26.7. The molecular formula is C13H16F2N2OS. The van der Waals surface area contributed by atoms with Crippen LogP contribution in [-0.2, 0) is 4.79 Å². The van der Waals surface area contributed by atoms with Gasteiger partial charge in [0.25, 0.3) is 0 Å². The van der Waals surface area contributed by atoms with E-state index in [9.17, 15) is 13.6 Å². The first kappa shape index (κ1) is 14.3. The molecular weight excluding hydrogens is 270 g/mol. The summed E-state index contributed by atoms with van der Waals surface area (Å²) in [5.74, 6) is -0.861. The van der Waals surface area contributed by atoms with E-state index < -0.39 is 11.6 Å². The van der Waals surface area contributed by atoms with Crippen LogP contribution in [0.2, 0.25) is 0 Å². The summed E-state index contributed by atoms with van der Waals surface area (Å²) in [4.78, 5) is 13.5. The fourth-order valence-corrected chi connectivity index (χ4v) is 3.27. The first-order valence-electron chi connectivity index (χ1n) is 6.20. The third-order valence-corrected chi connectivity index (χ3v) is 4.21. The van der Waals surface area contributed by atoms with Gasteiger partial charge in [-0.25, -0.2) is 8.78 Å². The van der Waals surface area contributed by atoms with Crippen LogP contribution in [0.4, 0.5) is 8.78 Å². The molecule has 1 amide bonds. The van der Waals surface area contributed by atoms with Gasteiger partial charge in [0.2, 0.25) is 5.91 Å². The molecule has 6 heteroatoms. The summed E-state index contributed by atoms with van der Waals surface area (Å²) in [7, 11) is 0. The molecule has 1 atom stereocenters. The Labute approximate surface area is 115 Å². The number of halogens is 2. The van der Waals surface area contributed by atoms with Gasteiger partial charge in [0, 0.05) is 24.7 Å². The highest BCUT2D eigenvalue weighted by Crippen LogP contribution is 2.39. The van der Waals surface area contributed by atoms with Crippen LogP contribution in [0.25, 0.3) is 0 Å². The number of nitrogens with zero attached hydrogens (tertiary/aromatic N) is 1. The summed E-state index contributed by atoms with van der Waals surface area (Å²) in [5, 5.41) is 2.78. The van der Waals surface area contributed by atoms with Gasteiger partial charge in [0.1, 0.15) is 17.0 Å². The molecule has 0 spiro atoms. The average molecular weight is 286 g/mol. The van der Waals surface area contributed by atoms with Gasteiger partial charge in [0.15, 0.2) is 0 Å². The fourth-order valence-electron chi connectivity index (χ4n) is 2.03. The maximum Gasteiger partial charge on any atom is 0.233 e. The molecule has 1 saturated heterocycles. The minimum Gasteiger partial charge on any atom is -0.324 e. The highest BCUT2D eigenvalue weighted by atomic mass is 32.2. The van der Waals surface area contributed by atoms with E-state index in [2.05, 4.69) is 5.32 Å². The van der Waals surface area contributed by atoms with E-state index in [0.717, 1.165) is 12.6 Å². The molecule has 1 aliphatic rings. The Kier molecular flexibility index (Phi) is 4.76. The van der Waals surface area contributed by atoms with Crippen molar-refractivity contribution in [2.45, 2.75) is 12.3 Å². The number of hydrogen-bond acceptors (Lipinski definition) is 3. The third kappa shape index (κ3) is 3.25. The molecule has 2 rings (SSSR count). The Morgan fingerprint density at radius 1 is 1.47 bits per heavy atom. The SMILES string of the molecule is CCNCCN1C(=O)CSC1c1ccc(F)cc1F. The maximum atomic E-state index is 13.8. The molecule has 0 saturated carbocycles. The number of carbonyl (C=O) groups excluding carboxylic acids is 1. The normalized spacial score (nSPS) is 19.2. The number of amides is 1. The number of nitrogens with one attached hydrogen (secondary N) is 1. The summed E-state index contributed by atoms with van der Waals surface area (Å²) in [6, 6.07) is 3.51. The van der Waals surface area contributed by atoms with Crippen molar-refractivity contribution in [3.05, 3.63) is 35.4 Å². The van der Waals surface area contributed by atoms with Crippen molar-refractivity contribution in [3.8, 4) is 0 Å². The molecule has 0 aliphatic carbocycles. The average Bonchev–Trinajstić information content (AvgIpc) is 2.72. The number of benzene rings is 1. The summed E-state index contributed by atoms with van der Waals surface area (Å²) >= 11 is 1.38. The topological polar surface area (TPSA) is 32.3 Å². The van der Waals surface area contributed by atoms with Gasteiger partial charge in [0.05, 0.1) is 5.75 Å². The highest BCUT2D eigenvalue weighted by molar-refractivity contribution is 8.00. The van der Waals surface area contributed by atoms with Crippen molar-refractivity contribution >= 4 is 17.7 Å². The van der Waals surface area contributed by atoms with Gasteiger partial charge in [-0.15, -0.1) is 11.8 Å². The van der Waals surface area contributed by atoms with Crippen molar-refractivity contribution in [1.82, 2.24) is 10.2 Å². The van der Waals surface area contributed by atoms with E-state index in [1.54, 1.807) is 4.90 Å². The second kappa shape index (κ2) is 6.34. The van der Waals surface area contributed by atoms with Crippen molar-refractivity contribution in [1.29, 1.82) is 0 Å². The van der Waals surface area contributed by atoms with E-state index in [-0.39, 0.29) is 11.3 Å². The van der Waals surface area contributed by atoms with Crippen molar-refractivity contribution < 1.29 is 13.6 Å². The number of hydrogen-bond donors (Lipinski definition) is 1. The Morgan fingerprint density at radius 2 is 2.26 bits per heavy atom. The summed E-state index contributed by atoms with van der Waals surface area (Å²) in [6.45, 7) is 4.01. The molecule has 1 fully saturated rings. The van der Waals surface area contributed by atoms with E-state index in [1.807, 2.05) is 6.92 Å². The lowest BCUT2D eigenvalue weighted by Gasteiger charge is -2.24. The summed E-state index contributed by atoms with van der Waals surface area (Å²) in [6.07, 6.45) is 0. The van der Waals surface area contributed by atoms with Gasteiger partial charge in [-0.2, -0.15) is 0 Å². The third-order valence-electron chi connectivity index (χ3n) is 2.98. The zero-order valence-electron chi connectivity index (χ0n) is 10.7.